The number of carbonyl (C=O) groups excluding carboxylic acids is 2. The van der Waals surface area contributed by atoms with Crippen molar-refractivity contribution in [1.29, 1.82) is 0 Å². The van der Waals surface area contributed by atoms with Gasteiger partial charge < -0.3 is 10.1 Å². The summed E-state index contributed by atoms with van der Waals surface area (Å²) in [6.45, 7) is 9.07. The summed E-state index contributed by atoms with van der Waals surface area (Å²) in [6, 6.07) is 5.79. The molecule has 1 amide bonds. The lowest BCUT2D eigenvalue weighted by Crippen LogP contribution is -2.22. The molecule has 0 aliphatic heterocycles. The smallest absolute Gasteiger partial charge is 0.378 e. The number of aromatic nitrogens is 4. The zero-order valence-corrected chi connectivity index (χ0v) is 16.0. The van der Waals surface area contributed by atoms with Gasteiger partial charge in [0.25, 0.3) is 17.5 Å². The Labute approximate surface area is 156 Å². The van der Waals surface area contributed by atoms with E-state index in [1.165, 1.54) is 4.52 Å². The molecule has 3 aromatic rings. The minimum atomic E-state index is -0.773. The van der Waals surface area contributed by atoms with Gasteiger partial charge in [-0.25, -0.2) is 14.3 Å². The van der Waals surface area contributed by atoms with Gasteiger partial charge >= 0.3 is 5.97 Å². The number of ether oxygens (including phenoxy) is 1. The van der Waals surface area contributed by atoms with Crippen LogP contribution in [-0.4, -0.2) is 38.1 Å². The molecule has 0 unspecified atom stereocenters. The van der Waals surface area contributed by atoms with Crippen LogP contribution in [0.1, 0.15) is 38.7 Å². The Morgan fingerprint density at radius 1 is 1.04 bits per heavy atom. The van der Waals surface area contributed by atoms with Crippen molar-refractivity contribution in [2.45, 2.75) is 34.6 Å². The predicted octanol–water partition coefficient (Wildman–Crippen LogP) is 2.46. The molecule has 1 N–H and O–H groups in total. The third kappa shape index (κ3) is 3.94. The lowest BCUT2D eigenvalue weighted by Gasteiger charge is -2.12. The molecule has 2 heterocycles. The highest BCUT2D eigenvalue weighted by Crippen LogP contribution is 2.21. The fourth-order valence-electron chi connectivity index (χ4n) is 3.00. The zero-order chi connectivity index (χ0) is 19.7. The van der Waals surface area contributed by atoms with Crippen LogP contribution in [0.4, 0.5) is 5.69 Å². The molecular weight excluding hydrogens is 346 g/mol. The molecule has 0 atom stereocenters. The maximum atomic E-state index is 12.2. The highest BCUT2D eigenvalue weighted by molar-refractivity contribution is 5.95. The van der Waals surface area contributed by atoms with Crippen molar-refractivity contribution in [3.63, 3.8) is 0 Å². The molecule has 0 saturated heterocycles. The molecule has 0 aliphatic rings. The van der Waals surface area contributed by atoms with Crippen molar-refractivity contribution in [3.05, 3.63) is 52.1 Å². The number of benzene rings is 1. The van der Waals surface area contributed by atoms with Crippen LogP contribution < -0.4 is 5.32 Å². The highest BCUT2D eigenvalue weighted by Gasteiger charge is 2.18. The number of carbonyl (C=O) groups is 2. The number of nitrogens with one attached hydrogen (secondary N) is 1. The van der Waals surface area contributed by atoms with E-state index in [9.17, 15) is 9.59 Å². The lowest BCUT2D eigenvalue weighted by molar-refractivity contribution is -0.119. The first-order valence-electron chi connectivity index (χ1n) is 8.50. The van der Waals surface area contributed by atoms with Crippen molar-refractivity contribution in [2.75, 3.05) is 11.9 Å². The summed E-state index contributed by atoms with van der Waals surface area (Å²) in [5, 5.41) is 6.87. The topological polar surface area (TPSA) is 98.5 Å². The van der Waals surface area contributed by atoms with Crippen molar-refractivity contribution in [2.24, 2.45) is 0 Å². The van der Waals surface area contributed by atoms with Gasteiger partial charge in [0.15, 0.2) is 6.61 Å². The minimum absolute atomic E-state index is 0.133. The van der Waals surface area contributed by atoms with Crippen LogP contribution in [-0.2, 0) is 9.53 Å². The van der Waals surface area contributed by atoms with E-state index in [4.69, 9.17) is 4.74 Å². The summed E-state index contributed by atoms with van der Waals surface area (Å²) in [7, 11) is 0. The standard InChI is InChI=1S/C19H21N5O3/c1-10-6-11(2)16(12(3)7-10)21-15(25)9-27-18(26)17-22-19-20-13(4)8-14(5)24(19)23-17/h6-8H,9H2,1-5H3,(H,21,25). The Bertz CT molecular complexity index is 1030. The normalized spacial score (nSPS) is 10.9. The van der Waals surface area contributed by atoms with Gasteiger partial charge in [0, 0.05) is 17.1 Å². The molecule has 0 saturated carbocycles. The molecule has 0 fully saturated rings. The third-order valence-electron chi connectivity index (χ3n) is 4.08. The molecular formula is C19H21N5O3. The van der Waals surface area contributed by atoms with E-state index in [0.717, 1.165) is 33.8 Å². The fraction of sp³-hybridized carbons (Fsp3) is 0.316. The molecule has 8 nitrogen and oxygen atoms in total. The zero-order valence-electron chi connectivity index (χ0n) is 16.0. The van der Waals surface area contributed by atoms with Crippen LogP contribution in [0.25, 0.3) is 5.78 Å². The summed E-state index contributed by atoms with van der Waals surface area (Å²) >= 11 is 0. The van der Waals surface area contributed by atoms with E-state index >= 15 is 0 Å². The van der Waals surface area contributed by atoms with Crippen molar-refractivity contribution < 1.29 is 14.3 Å². The summed E-state index contributed by atoms with van der Waals surface area (Å²) in [5.74, 6) is -1.01. The SMILES string of the molecule is Cc1cc(C)c(NC(=O)COC(=O)c2nc3nc(C)cc(C)n3n2)c(C)c1. The quantitative estimate of drug-likeness (QED) is 0.711. The second-order valence-corrected chi connectivity index (χ2v) is 6.58. The van der Waals surface area contributed by atoms with Gasteiger partial charge in [-0.2, -0.15) is 4.98 Å². The Kier molecular flexibility index (Phi) is 4.89. The fourth-order valence-corrected chi connectivity index (χ4v) is 3.00. The maximum Gasteiger partial charge on any atom is 0.378 e. The summed E-state index contributed by atoms with van der Waals surface area (Å²) in [5.41, 5.74) is 5.31. The highest BCUT2D eigenvalue weighted by atomic mass is 16.5. The molecule has 0 bridgehead atoms. The van der Waals surface area contributed by atoms with E-state index in [1.807, 2.05) is 52.8 Å². The average Bonchev–Trinajstić information content (AvgIpc) is 3.00. The van der Waals surface area contributed by atoms with Gasteiger partial charge in [0.05, 0.1) is 0 Å². The van der Waals surface area contributed by atoms with Crippen LogP contribution in [0.2, 0.25) is 0 Å². The monoisotopic (exact) mass is 367 g/mol. The lowest BCUT2D eigenvalue weighted by atomic mass is 10.1. The molecule has 1 aromatic carbocycles. The average molecular weight is 367 g/mol. The Morgan fingerprint density at radius 3 is 2.37 bits per heavy atom. The van der Waals surface area contributed by atoms with E-state index in [0.29, 0.717) is 5.78 Å². The number of nitrogens with zero attached hydrogens (tertiary/aromatic N) is 4. The van der Waals surface area contributed by atoms with Crippen molar-refractivity contribution >= 4 is 23.3 Å². The number of amides is 1. The maximum absolute atomic E-state index is 12.2. The molecule has 0 aliphatic carbocycles. The molecule has 8 heteroatoms. The number of anilines is 1. The summed E-state index contributed by atoms with van der Waals surface area (Å²) < 4.78 is 6.51. The Balaban J connectivity index is 1.67. The number of esters is 1. The Morgan fingerprint density at radius 2 is 1.70 bits per heavy atom. The van der Waals surface area contributed by atoms with Gasteiger partial charge in [0.1, 0.15) is 0 Å². The predicted molar refractivity (Wildman–Crippen MR) is 99.8 cm³/mol. The van der Waals surface area contributed by atoms with Gasteiger partial charge in [-0.1, -0.05) is 17.7 Å². The first-order chi connectivity index (χ1) is 12.7. The minimum Gasteiger partial charge on any atom is -0.450 e. The van der Waals surface area contributed by atoms with Crippen LogP contribution >= 0.6 is 0 Å². The van der Waals surface area contributed by atoms with Crippen LogP contribution in [0.15, 0.2) is 18.2 Å². The summed E-state index contributed by atoms with van der Waals surface area (Å²) in [6.07, 6.45) is 0. The molecule has 27 heavy (non-hydrogen) atoms. The Hall–Kier alpha value is -3.29. The van der Waals surface area contributed by atoms with Crippen LogP contribution in [0.5, 0.6) is 0 Å². The number of fused-ring (bicyclic) bond motifs is 1. The first-order valence-corrected chi connectivity index (χ1v) is 8.50. The largest absolute Gasteiger partial charge is 0.450 e. The first kappa shape index (κ1) is 18.5. The van der Waals surface area contributed by atoms with Gasteiger partial charge in [-0.05, 0) is 51.8 Å². The second-order valence-electron chi connectivity index (χ2n) is 6.58. The van der Waals surface area contributed by atoms with Gasteiger partial charge in [0.2, 0.25) is 0 Å². The second kappa shape index (κ2) is 7.14. The van der Waals surface area contributed by atoms with E-state index in [-0.39, 0.29) is 5.82 Å². The molecule has 3 rings (SSSR count). The number of hydrogen-bond acceptors (Lipinski definition) is 6. The van der Waals surface area contributed by atoms with E-state index < -0.39 is 18.5 Å². The van der Waals surface area contributed by atoms with Crippen LogP contribution in [0.3, 0.4) is 0 Å². The number of rotatable bonds is 4. The third-order valence-corrected chi connectivity index (χ3v) is 4.08. The van der Waals surface area contributed by atoms with Crippen LogP contribution in [0, 0.1) is 34.6 Å². The number of hydrogen-bond donors (Lipinski definition) is 1. The van der Waals surface area contributed by atoms with Crippen molar-refractivity contribution in [1.82, 2.24) is 19.6 Å². The van der Waals surface area contributed by atoms with E-state index in [1.54, 1.807) is 0 Å². The van der Waals surface area contributed by atoms with Crippen molar-refractivity contribution in [3.8, 4) is 0 Å². The molecule has 0 radical (unpaired) electrons. The van der Waals surface area contributed by atoms with Gasteiger partial charge in [-0.3, -0.25) is 4.79 Å². The number of aryl methyl sites for hydroxylation is 5. The molecule has 2 aromatic heterocycles. The van der Waals surface area contributed by atoms with Gasteiger partial charge in [-0.15, -0.1) is 5.10 Å². The molecule has 0 spiro atoms. The van der Waals surface area contributed by atoms with E-state index in [2.05, 4.69) is 20.4 Å². The summed E-state index contributed by atoms with van der Waals surface area (Å²) in [4.78, 5) is 32.6. The molecule has 140 valence electrons.